The topological polar surface area (TPSA) is 32.7 Å². The first kappa shape index (κ1) is 14.2. The van der Waals surface area contributed by atoms with Gasteiger partial charge in [-0.1, -0.05) is 29.8 Å². The SMILES string of the molecule is CCOCCN(C)CC(O)c1cccc(C)c1. The molecule has 0 radical (unpaired) electrons. The average Bonchev–Trinajstić information content (AvgIpc) is 2.29. The summed E-state index contributed by atoms with van der Waals surface area (Å²) >= 11 is 0. The molecule has 1 aromatic carbocycles. The minimum Gasteiger partial charge on any atom is -0.387 e. The lowest BCUT2D eigenvalue weighted by molar-refractivity contribution is 0.0890. The molecular weight excluding hydrogens is 214 g/mol. The zero-order valence-corrected chi connectivity index (χ0v) is 11.0. The lowest BCUT2D eigenvalue weighted by Gasteiger charge is -2.20. The fraction of sp³-hybridized carbons (Fsp3) is 0.571. The number of benzene rings is 1. The van der Waals surface area contributed by atoms with Crippen LogP contribution in [0.5, 0.6) is 0 Å². The zero-order chi connectivity index (χ0) is 12.7. The second-order valence-electron chi connectivity index (χ2n) is 4.39. The van der Waals surface area contributed by atoms with Crippen LogP contribution in [0.4, 0.5) is 0 Å². The first-order valence-electron chi connectivity index (χ1n) is 6.14. The molecule has 0 aromatic heterocycles. The summed E-state index contributed by atoms with van der Waals surface area (Å²) in [5.41, 5.74) is 2.16. The van der Waals surface area contributed by atoms with Crippen molar-refractivity contribution in [1.29, 1.82) is 0 Å². The number of aryl methyl sites for hydroxylation is 1. The molecule has 0 spiro atoms. The van der Waals surface area contributed by atoms with Crippen LogP contribution in [0.1, 0.15) is 24.2 Å². The summed E-state index contributed by atoms with van der Waals surface area (Å²) < 4.78 is 5.29. The Labute approximate surface area is 104 Å². The van der Waals surface area contributed by atoms with E-state index in [0.29, 0.717) is 13.2 Å². The van der Waals surface area contributed by atoms with Crippen LogP contribution in [0.15, 0.2) is 24.3 Å². The van der Waals surface area contributed by atoms with Crippen molar-refractivity contribution in [1.82, 2.24) is 4.90 Å². The molecule has 1 N–H and O–H groups in total. The van der Waals surface area contributed by atoms with E-state index in [1.54, 1.807) is 0 Å². The Bertz CT molecular complexity index is 328. The van der Waals surface area contributed by atoms with Crippen LogP contribution in [0, 0.1) is 6.92 Å². The van der Waals surface area contributed by atoms with Crippen molar-refractivity contribution in [2.45, 2.75) is 20.0 Å². The van der Waals surface area contributed by atoms with Crippen molar-refractivity contribution >= 4 is 0 Å². The third-order valence-electron chi connectivity index (χ3n) is 2.73. The van der Waals surface area contributed by atoms with E-state index in [4.69, 9.17) is 4.74 Å². The fourth-order valence-corrected chi connectivity index (χ4v) is 1.73. The molecule has 1 aromatic rings. The Morgan fingerprint density at radius 2 is 2.18 bits per heavy atom. The number of aliphatic hydroxyl groups is 1. The highest BCUT2D eigenvalue weighted by Crippen LogP contribution is 2.14. The van der Waals surface area contributed by atoms with Crippen LogP contribution in [0.2, 0.25) is 0 Å². The summed E-state index contributed by atoms with van der Waals surface area (Å²) in [4.78, 5) is 2.09. The molecule has 3 nitrogen and oxygen atoms in total. The lowest BCUT2D eigenvalue weighted by Crippen LogP contribution is -2.28. The smallest absolute Gasteiger partial charge is 0.0916 e. The molecule has 0 aliphatic heterocycles. The van der Waals surface area contributed by atoms with Crippen LogP contribution in [0.25, 0.3) is 0 Å². The Balaban J connectivity index is 2.40. The van der Waals surface area contributed by atoms with Crippen LogP contribution in [-0.4, -0.2) is 43.4 Å². The molecule has 3 heteroatoms. The normalized spacial score (nSPS) is 13.0. The first-order chi connectivity index (χ1) is 8.13. The molecule has 1 rings (SSSR count). The summed E-state index contributed by atoms with van der Waals surface area (Å²) in [6.07, 6.45) is -0.429. The summed E-state index contributed by atoms with van der Waals surface area (Å²) in [6, 6.07) is 8.01. The van der Waals surface area contributed by atoms with Gasteiger partial charge in [0.1, 0.15) is 0 Å². The first-order valence-corrected chi connectivity index (χ1v) is 6.14. The predicted octanol–water partition coefficient (Wildman–Crippen LogP) is 2.00. The standard InChI is InChI=1S/C14H23NO2/c1-4-17-9-8-15(3)11-14(16)13-7-5-6-12(2)10-13/h5-7,10,14,16H,4,8-9,11H2,1-3H3. The van der Waals surface area contributed by atoms with Crippen LogP contribution >= 0.6 is 0 Å². The highest BCUT2D eigenvalue weighted by atomic mass is 16.5. The van der Waals surface area contributed by atoms with Crippen molar-refractivity contribution in [2.75, 3.05) is 33.4 Å². The van der Waals surface area contributed by atoms with Gasteiger partial charge in [-0.25, -0.2) is 0 Å². The maximum atomic E-state index is 10.1. The highest BCUT2D eigenvalue weighted by Gasteiger charge is 2.10. The number of nitrogens with zero attached hydrogens (tertiary/aromatic N) is 1. The molecule has 0 fully saturated rings. The average molecular weight is 237 g/mol. The lowest BCUT2D eigenvalue weighted by atomic mass is 10.1. The van der Waals surface area contributed by atoms with E-state index < -0.39 is 6.10 Å². The Kier molecular flexibility index (Phi) is 6.19. The Hall–Kier alpha value is -0.900. The minimum absolute atomic E-state index is 0.429. The van der Waals surface area contributed by atoms with Gasteiger partial charge < -0.3 is 14.7 Å². The van der Waals surface area contributed by atoms with Gasteiger partial charge in [0, 0.05) is 19.7 Å². The molecule has 0 heterocycles. The molecular formula is C14H23NO2. The van der Waals surface area contributed by atoms with Gasteiger partial charge in [-0.3, -0.25) is 0 Å². The largest absolute Gasteiger partial charge is 0.387 e. The van der Waals surface area contributed by atoms with Crippen LogP contribution < -0.4 is 0 Å². The number of likely N-dealkylation sites (N-methyl/N-ethyl adjacent to an activating group) is 1. The summed E-state index contributed by atoms with van der Waals surface area (Å²) in [5, 5.41) is 10.1. The number of hydrogen-bond acceptors (Lipinski definition) is 3. The van der Waals surface area contributed by atoms with E-state index in [9.17, 15) is 5.11 Å². The maximum Gasteiger partial charge on any atom is 0.0916 e. The van der Waals surface area contributed by atoms with Gasteiger partial charge in [0.2, 0.25) is 0 Å². The van der Waals surface area contributed by atoms with Crippen molar-refractivity contribution in [3.05, 3.63) is 35.4 Å². The number of ether oxygens (including phenoxy) is 1. The van der Waals surface area contributed by atoms with Gasteiger partial charge in [-0.05, 0) is 26.5 Å². The van der Waals surface area contributed by atoms with Crippen LogP contribution in [0.3, 0.4) is 0 Å². The highest BCUT2D eigenvalue weighted by molar-refractivity contribution is 5.24. The van der Waals surface area contributed by atoms with E-state index in [-0.39, 0.29) is 0 Å². The molecule has 96 valence electrons. The Morgan fingerprint density at radius 1 is 1.41 bits per heavy atom. The molecule has 0 saturated carbocycles. The van der Waals surface area contributed by atoms with Gasteiger partial charge >= 0.3 is 0 Å². The second-order valence-corrected chi connectivity index (χ2v) is 4.39. The third kappa shape index (κ3) is 5.31. The maximum absolute atomic E-state index is 10.1. The number of hydrogen-bond donors (Lipinski definition) is 1. The monoisotopic (exact) mass is 237 g/mol. The van der Waals surface area contributed by atoms with Crippen molar-refractivity contribution in [3.8, 4) is 0 Å². The summed E-state index contributed by atoms with van der Waals surface area (Å²) in [6.45, 7) is 6.96. The van der Waals surface area contributed by atoms with E-state index in [2.05, 4.69) is 4.90 Å². The minimum atomic E-state index is -0.429. The zero-order valence-electron chi connectivity index (χ0n) is 11.0. The molecule has 0 amide bonds. The van der Waals surface area contributed by atoms with E-state index in [0.717, 1.165) is 18.7 Å². The predicted molar refractivity (Wildman–Crippen MR) is 70.1 cm³/mol. The second kappa shape index (κ2) is 7.43. The van der Waals surface area contributed by atoms with Crippen LogP contribution in [-0.2, 0) is 4.74 Å². The summed E-state index contributed by atoms with van der Waals surface area (Å²) in [5.74, 6) is 0. The quantitative estimate of drug-likeness (QED) is 0.736. The van der Waals surface area contributed by atoms with Gasteiger partial charge in [0.25, 0.3) is 0 Å². The number of rotatable bonds is 7. The molecule has 17 heavy (non-hydrogen) atoms. The van der Waals surface area contributed by atoms with E-state index >= 15 is 0 Å². The number of aliphatic hydroxyl groups excluding tert-OH is 1. The molecule has 0 bridgehead atoms. The van der Waals surface area contributed by atoms with Crippen molar-refractivity contribution in [2.24, 2.45) is 0 Å². The summed E-state index contributed by atoms with van der Waals surface area (Å²) in [7, 11) is 2.00. The molecule has 0 saturated heterocycles. The molecule has 1 atom stereocenters. The van der Waals surface area contributed by atoms with Gasteiger partial charge in [-0.15, -0.1) is 0 Å². The van der Waals surface area contributed by atoms with E-state index in [1.165, 1.54) is 5.56 Å². The van der Waals surface area contributed by atoms with Gasteiger partial charge in [0.15, 0.2) is 0 Å². The third-order valence-corrected chi connectivity index (χ3v) is 2.73. The van der Waals surface area contributed by atoms with Gasteiger partial charge in [0.05, 0.1) is 12.7 Å². The molecule has 0 aliphatic carbocycles. The van der Waals surface area contributed by atoms with Crippen molar-refractivity contribution < 1.29 is 9.84 Å². The van der Waals surface area contributed by atoms with Gasteiger partial charge in [-0.2, -0.15) is 0 Å². The van der Waals surface area contributed by atoms with E-state index in [1.807, 2.05) is 45.2 Å². The molecule has 0 aliphatic rings. The fourth-order valence-electron chi connectivity index (χ4n) is 1.73. The van der Waals surface area contributed by atoms with Crippen molar-refractivity contribution in [3.63, 3.8) is 0 Å². The molecule has 1 unspecified atom stereocenters. The Morgan fingerprint density at radius 3 is 2.82 bits per heavy atom.